The lowest BCUT2D eigenvalue weighted by atomic mass is 9.90. The van der Waals surface area contributed by atoms with Crippen molar-refractivity contribution in [3.8, 4) is 0 Å². The fraction of sp³-hybridized carbons (Fsp3) is 1.00. The highest BCUT2D eigenvalue weighted by Gasteiger charge is 2.40. The van der Waals surface area contributed by atoms with E-state index in [-0.39, 0.29) is 0 Å². The fourth-order valence-electron chi connectivity index (χ4n) is 2.31. The average Bonchev–Trinajstić information content (AvgIpc) is 2.12. The summed E-state index contributed by atoms with van der Waals surface area (Å²) in [5.74, 6) is 3.79. The van der Waals surface area contributed by atoms with Crippen molar-refractivity contribution in [2.24, 2.45) is 5.92 Å². The quantitative estimate of drug-likeness (QED) is 0.586. The Morgan fingerprint density at radius 1 is 1.08 bits per heavy atom. The van der Waals surface area contributed by atoms with E-state index < -0.39 is 0 Å². The van der Waals surface area contributed by atoms with Gasteiger partial charge in [0.15, 0.2) is 0 Å². The molecule has 1 aliphatic heterocycles. The van der Waals surface area contributed by atoms with Crippen LogP contribution in [-0.4, -0.2) is 15.6 Å². The first kappa shape index (κ1) is 9.26. The zero-order valence-electron chi connectivity index (χ0n) is 7.84. The van der Waals surface area contributed by atoms with Gasteiger partial charge in [0.1, 0.15) is 0 Å². The molecular formula is C10H18S2. The van der Waals surface area contributed by atoms with Crippen molar-refractivity contribution >= 4 is 23.5 Å². The molecule has 2 aliphatic rings. The van der Waals surface area contributed by atoms with Crippen molar-refractivity contribution in [2.75, 3.05) is 11.5 Å². The van der Waals surface area contributed by atoms with Crippen molar-refractivity contribution < 1.29 is 0 Å². The van der Waals surface area contributed by atoms with E-state index in [4.69, 9.17) is 0 Å². The van der Waals surface area contributed by atoms with Gasteiger partial charge in [-0.3, -0.25) is 0 Å². The topological polar surface area (TPSA) is 0 Å². The fourth-order valence-corrected chi connectivity index (χ4v) is 5.97. The molecule has 2 fully saturated rings. The molecule has 1 heterocycles. The molecule has 1 aliphatic carbocycles. The highest BCUT2D eigenvalue weighted by Crippen LogP contribution is 2.54. The lowest BCUT2D eigenvalue weighted by Crippen LogP contribution is -2.35. The second kappa shape index (κ2) is 3.83. The Morgan fingerprint density at radius 2 is 1.83 bits per heavy atom. The third-order valence-corrected chi connectivity index (χ3v) is 7.03. The Morgan fingerprint density at radius 3 is 2.50 bits per heavy atom. The van der Waals surface area contributed by atoms with Crippen LogP contribution in [0.25, 0.3) is 0 Å². The van der Waals surface area contributed by atoms with Crippen LogP contribution < -0.4 is 0 Å². The van der Waals surface area contributed by atoms with E-state index in [1.165, 1.54) is 43.6 Å². The zero-order chi connectivity index (χ0) is 8.44. The van der Waals surface area contributed by atoms with Crippen LogP contribution in [0.3, 0.4) is 0 Å². The number of hydrogen-bond donors (Lipinski definition) is 0. The molecule has 0 aromatic heterocycles. The van der Waals surface area contributed by atoms with Gasteiger partial charge in [0.25, 0.3) is 0 Å². The van der Waals surface area contributed by atoms with Gasteiger partial charge in [-0.05, 0) is 36.7 Å². The molecule has 70 valence electrons. The molecular weight excluding hydrogens is 184 g/mol. The molecule has 1 saturated carbocycles. The Bertz CT molecular complexity index is 142. The maximum Gasteiger partial charge on any atom is 0.0636 e. The summed E-state index contributed by atoms with van der Waals surface area (Å²) in [6.45, 7) is 2.46. The highest BCUT2D eigenvalue weighted by atomic mass is 32.2. The molecule has 0 aromatic carbocycles. The van der Waals surface area contributed by atoms with Crippen LogP contribution in [-0.2, 0) is 0 Å². The molecule has 1 unspecified atom stereocenters. The highest BCUT2D eigenvalue weighted by molar-refractivity contribution is 8.18. The normalized spacial score (nSPS) is 35.2. The third kappa shape index (κ3) is 1.65. The number of hydrogen-bond acceptors (Lipinski definition) is 2. The van der Waals surface area contributed by atoms with Gasteiger partial charge in [0.2, 0.25) is 0 Å². The molecule has 0 bridgehead atoms. The van der Waals surface area contributed by atoms with E-state index in [2.05, 4.69) is 30.4 Å². The van der Waals surface area contributed by atoms with Crippen LogP contribution in [0.1, 0.15) is 39.0 Å². The third-order valence-electron chi connectivity index (χ3n) is 3.14. The van der Waals surface area contributed by atoms with Crippen molar-refractivity contribution in [2.45, 2.75) is 43.1 Å². The van der Waals surface area contributed by atoms with Crippen molar-refractivity contribution in [3.05, 3.63) is 0 Å². The van der Waals surface area contributed by atoms with Gasteiger partial charge < -0.3 is 0 Å². The van der Waals surface area contributed by atoms with Crippen LogP contribution in [0.4, 0.5) is 0 Å². The maximum atomic E-state index is 2.46. The minimum absolute atomic E-state index is 0.649. The van der Waals surface area contributed by atoms with Gasteiger partial charge in [-0.15, -0.1) is 23.5 Å². The second-order valence-corrected chi connectivity index (χ2v) is 7.12. The molecule has 0 aromatic rings. The lowest BCUT2D eigenvalue weighted by molar-refractivity contribution is 0.372. The Hall–Kier alpha value is 0.700. The van der Waals surface area contributed by atoms with E-state index in [1.807, 2.05) is 0 Å². The van der Waals surface area contributed by atoms with E-state index >= 15 is 0 Å². The van der Waals surface area contributed by atoms with Gasteiger partial charge in [-0.25, -0.2) is 0 Å². The van der Waals surface area contributed by atoms with Gasteiger partial charge in [0, 0.05) is 0 Å². The second-order valence-electron chi connectivity index (χ2n) is 4.01. The Labute approximate surface area is 84.3 Å². The summed E-state index contributed by atoms with van der Waals surface area (Å²) in [6, 6.07) is 0. The summed E-state index contributed by atoms with van der Waals surface area (Å²) < 4.78 is 0.649. The molecule has 1 atom stereocenters. The van der Waals surface area contributed by atoms with E-state index in [1.54, 1.807) is 0 Å². The van der Waals surface area contributed by atoms with Gasteiger partial charge in [-0.2, -0.15) is 0 Å². The first-order chi connectivity index (χ1) is 5.83. The van der Waals surface area contributed by atoms with E-state index in [0.717, 1.165) is 5.92 Å². The van der Waals surface area contributed by atoms with Gasteiger partial charge >= 0.3 is 0 Å². The lowest BCUT2D eigenvalue weighted by Gasteiger charge is -2.44. The molecule has 1 spiro atoms. The van der Waals surface area contributed by atoms with Crippen molar-refractivity contribution in [1.82, 2.24) is 0 Å². The van der Waals surface area contributed by atoms with E-state index in [9.17, 15) is 0 Å². The van der Waals surface area contributed by atoms with Crippen molar-refractivity contribution in [1.29, 1.82) is 0 Å². The van der Waals surface area contributed by atoms with Crippen LogP contribution in [0.5, 0.6) is 0 Å². The first-order valence-electron chi connectivity index (χ1n) is 5.11. The van der Waals surface area contributed by atoms with Gasteiger partial charge in [0.05, 0.1) is 4.08 Å². The summed E-state index contributed by atoms with van der Waals surface area (Å²) in [5, 5.41) is 0. The molecule has 0 nitrogen and oxygen atoms in total. The van der Waals surface area contributed by atoms with Crippen molar-refractivity contribution in [3.63, 3.8) is 0 Å². The van der Waals surface area contributed by atoms with Crippen LogP contribution >= 0.6 is 23.5 Å². The summed E-state index contributed by atoms with van der Waals surface area (Å²) in [7, 11) is 0. The molecule has 0 N–H and O–H groups in total. The van der Waals surface area contributed by atoms with Crippen LogP contribution in [0, 0.1) is 5.92 Å². The molecule has 1 saturated heterocycles. The first-order valence-corrected chi connectivity index (χ1v) is 7.08. The largest absolute Gasteiger partial charge is 0.144 e. The zero-order valence-corrected chi connectivity index (χ0v) is 9.48. The molecule has 2 rings (SSSR count). The van der Waals surface area contributed by atoms with Gasteiger partial charge in [-0.1, -0.05) is 19.8 Å². The molecule has 12 heavy (non-hydrogen) atoms. The number of rotatable bonds is 0. The molecule has 0 amide bonds. The minimum Gasteiger partial charge on any atom is -0.144 e. The summed E-state index contributed by atoms with van der Waals surface area (Å²) >= 11 is 4.52. The summed E-state index contributed by atoms with van der Waals surface area (Å²) in [5.41, 5.74) is 0. The Kier molecular flexibility index (Phi) is 2.96. The maximum absolute atomic E-state index is 2.46. The average molecular weight is 202 g/mol. The van der Waals surface area contributed by atoms with Crippen LogP contribution in [0.2, 0.25) is 0 Å². The minimum atomic E-state index is 0.649. The van der Waals surface area contributed by atoms with E-state index in [0.29, 0.717) is 4.08 Å². The number of thioether (sulfide) groups is 2. The standard InChI is InChI=1S/C10H18S2/c1-9-5-2-3-6-10(9)11-7-4-8-12-10/h9H,2-8H2,1H3. The summed E-state index contributed by atoms with van der Waals surface area (Å²) in [6.07, 6.45) is 7.34. The SMILES string of the molecule is CC1CCCCC12SCCCS2. The smallest absolute Gasteiger partial charge is 0.0636 e. The molecule has 0 radical (unpaired) electrons. The Balaban J connectivity index is 2.04. The molecule has 2 heteroatoms. The predicted molar refractivity (Wildman–Crippen MR) is 59.9 cm³/mol. The predicted octanol–water partition coefficient (Wildman–Crippen LogP) is 3.76. The monoisotopic (exact) mass is 202 g/mol. The summed E-state index contributed by atoms with van der Waals surface area (Å²) in [4.78, 5) is 0. The van der Waals surface area contributed by atoms with Crippen LogP contribution in [0.15, 0.2) is 0 Å².